The summed E-state index contributed by atoms with van der Waals surface area (Å²) in [5, 5.41) is 12.4. The molecule has 4 rings (SSSR count). The van der Waals surface area contributed by atoms with Gasteiger partial charge in [-0.2, -0.15) is 4.98 Å². The molecule has 0 N–H and O–H groups in total. The lowest BCUT2D eigenvalue weighted by molar-refractivity contribution is 0.0689. The average molecular weight is 409 g/mol. The molecule has 0 atom stereocenters. The number of rotatable bonds is 6. The van der Waals surface area contributed by atoms with Gasteiger partial charge in [-0.05, 0) is 37.5 Å². The number of piperidine rings is 1. The highest BCUT2D eigenvalue weighted by atomic mass is 16.5. The summed E-state index contributed by atoms with van der Waals surface area (Å²) in [6.45, 7) is 3.44. The van der Waals surface area contributed by atoms with Crippen LogP contribution in [0, 0.1) is 0 Å². The first-order chi connectivity index (χ1) is 14.5. The molecule has 0 aliphatic carbocycles. The fourth-order valence-corrected chi connectivity index (χ4v) is 3.67. The van der Waals surface area contributed by atoms with Crippen molar-refractivity contribution in [1.82, 2.24) is 30.0 Å². The monoisotopic (exact) mass is 409 g/mol. The summed E-state index contributed by atoms with van der Waals surface area (Å²) in [6.07, 6.45) is 5.25. The first kappa shape index (κ1) is 20.1. The first-order valence-electron chi connectivity index (χ1n) is 10.4. The lowest BCUT2D eigenvalue weighted by Gasteiger charge is -2.32. The number of amides is 1. The van der Waals surface area contributed by atoms with E-state index in [-0.39, 0.29) is 11.9 Å². The largest absolute Gasteiger partial charge is 0.378 e. The molecule has 0 radical (unpaired) electrons. The minimum absolute atomic E-state index is 0.0748. The minimum Gasteiger partial charge on any atom is -0.378 e. The third-order valence-corrected chi connectivity index (χ3v) is 5.41. The summed E-state index contributed by atoms with van der Waals surface area (Å²) in [4.78, 5) is 21.2. The van der Waals surface area contributed by atoms with Gasteiger partial charge in [0.1, 0.15) is 0 Å². The van der Waals surface area contributed by atoms with Crippen molar-refractivity contribution in [2.75, 3.05) is 32.1 Å². The average Bonchev–Trinajstić information content (AvgIpc) is 3.43. The van der Waals surface area contributed by atoms with E-state index in [2.05, 4.69) is 27.4 Å². The molecule has 2 aromatic heterocycles. The minimum atomic E-state index is 0.0748. The zero-order valence-corrected chi connectivity index (χ0v) is 17.7. The molecule has 1 aliphatic heterocycles. The van der Waals surface area contributed by atoms with Crippen LogP contribution in [0.3, 0.4) is 0 Å². The molecule has 3 heterocycles. The quantitative estimate of drug-likeness (QED) is 0.618. The number of likely N-dealkylation sites (tertiary alicyclic amines) is 1. The number of anilines is 1. The van der Waals surface area contributed by atoms with Gasteiger partial charge in [-0.1, -0.05) is 23.4 Å². The molecule has 0 saturated carbocycles. The summed E-state index contributed by atoms with van der Waals surface area (Å²) < 4.78 is 7.15. The molecule has 1 amide bonds. The van der Waals surface area contributed by atoms with E-state index in [0.717, 1.165) is 36.9 Å². The van der Waals surface area contributed by atoms with Gasteiger partial charge in [-0.3, -0.25) is 4.79 Å². The van der Waals surface area contributed by atoms with E-state index in [4.69, 9.17) is 4.52 Å². The number of carbonyl (C=O) groups is 1. The maximum absolute atomic E-state index is 12.9. The smallest absolute Gasteiger partial charge is 0.280 e. The lowest BCUT2D eigenvalue weighted by atomic mass is 10.0. The van der Waals surface area contributed by atoms with Crippen LogP contribution in [0.1, 0.15) is 48.4 Å². The number of nitrogens with zero attached hydrogens (tertiary/aromatic N) is 7. The number of aryl methyl sites for hydroxylation is 1. The predicted octanol–water partition coefficient (Wildman–Crippen LogP) is 2.82. The van der Waals surface area contributed by atoms with Crippen molar-refractivity contribution < 1.29 is 9.32 Å². The molecule has 1 aromatic carbocycles. The van der Waals surface area contributed by atoms with Gasteiger partial charge < -0.3 is 14.3 Å². The molecule has 158 valence electrons. The number of aromatic nitrogens is 5. The zero-order chi connectivity index (χ0) is 21.1. The van der Waals surface area contributed by atoms with Crippen molar-refractivity contribution >= 4 is 11.6 Å². The zero-order valence-electron chi connectivity index (χ0n) is 17.7. The van der Waals surface area contributed by atoms with Gasteiger partial charge in [-0.25, -0.2) is 4.68 Å². The van der Waals surface area contributed by atoms with Crippen molar-refractivity contribution in [3.05, 3.63) is 41.9 Å². The molecular formula is C21H27N7O2. The summed E-state index contributed by atoms with van der Waals surface area (Å²) in [5.74, 6) is 1.16. The maximum atomic E-state index is 12.9. The molecule has 1 saturated heterocycles. The number of hydrogen-bond donors (Lipinski definition) is 0. The van der Waals surface area contributed by atoms with Crippen LogP contribution < -0.4 is 4.90 Å². The molecule has 0 bridgehead atoms. The standard InChI is InChI=1S/C21H27N7O2/c1-4-6-19-22-20(30-24-19)18-14-28(25-23-18)16-9-11-27(12-10-16)21(29)15-7-5-8-17(13-15)26(2)3/h5,7-8,13-14,16H,4,6,9-12H2,1-3H3. The molecule has 0 unspecified atom stereocenters. The Hall–Kier alpha value is -3.23. The van der Waals surface area contributed by atoms with Crippen molar-refractivity contribution in [2.45, 2.75) is 38.6 Å². The van der Waals surface area contributed by atoms with E-state index in [1.165, 1.54) is 0 Å². The van der Waals surface area contributed by atoms with E-state index in [1.54, 1.807) is 0 Å². The summed E-state index contributed by atoms with van der Waals surface area (Å²) in [6, 6.07) is 7.94. The Labute approximate surface area is 175 Å². The van der Waals surface area contributed by atoms with Gasteiger partial charge in [0.25, 0.3) is 11.8 Å². The Kier molecular flexibility index (Phi) is 5.78. The Morgan fingerprint density at radius 2 is 2.07 bits per heavy atom. The predicted molar refractivity (Wildman–Crippen MR) is 112 cm³/mol. The van der Waals surface area contributed by atoms with Crippen LogP contribution in [-0.4, -0.2) is 63.1 Å². The van der Waals surface area contributed by atoms with Gasteiger partial charge in [-0.15, -0.1) is 5.10 Å². The van der Waals surface area contributed by atoms with E-state index in [9.17, 15) is 4.79 Å². The fraction of sp³-hybridized carbons (Fsp3) is 0.476. The van der Waals surface area contributed by atoms with Crippen LogP contribution in [0.5, 0.6) is 0 Å². The summed E-state index contributed by atoms with van der Waals surface area (Å²) in [5.41, 5.74) is 2.33. The van der Waals surface area contributed by atoms with Crippen LogP contribution in [0.2, 0.25) is 0 Å². The molecule has 9 heteroatoms. The number of carbonyl (C=O) groups excluding carboxylic acids is 1. The van der Waals surface area contributed by atoms with Gasteiger partial charge >= 0.3 is 0 Å². The van der Waals surface area contributed by atoms with E-state index < -0.39 is 0 Å². The molecule has 9 nitrogen and oxygen atoms in total. The van der Waals surface area contributed by atoms with Gasteiger partial charge in [0.15, 0.2) is 11.5 Å². The highest BCUT2D eigenvalue weighted by Crippen LogP contribution is 2.25. The van der Waals surface area contributed by atoms with Crippen LogP contribution in [0.15, 0.2) is 35.0 Å². The lowest BCUT2D eigenvalue weighted by Crippen LogP contribution is -2.39. The van der Waals surface area contributed by atoms with Crippen LogP contribution in [0.25, 0.3) is 11.6 Å². The Morgan fingerprint density at radius 3 is 2.80 bits per heavy atom. The Bertz CT molecular complexity index is 1000. The SMILES string of the molecule is CCCc1noc(-c2cn(C3CCN(C(=O)c4cccc(N(C)C)c4)CC3)nn2)n1. The summed E-state index contributed by atoms with van der Waals surface area (Å²) in [7, 11) is 3.95. The fourth-order valence-electron chi connectivity index (χ4n) is 3.67. The van der Waals surface area contributed by atoms with Crippen molar-refractivity contribution in [2.24, 2.45) is 0 Å². The maximum Gasteiger partial charge on any atom is 0.280 e. The topological polar surface area (TPSA) is 93.2 Å². The first-order valence-corrected chi connectivity index (χ1v) is 10.4. The molecule has 3 aromatic rings. The van der Waals surface area contributed by atoms with Crippen molar-refractivity contribution in [1.29, 1.82) is 0 Å². The molecule has 0 spiro atoms. The molecule has 1 aliphatic rings. The van der Waals surface area contributed by atoms with Crippen molar-refractivity contribution in [3.8, 4) is 11.6 Å². The van der Waals surface area contributed by atoms with E-state index in [0.29, 0.717) is 30.5 Å². The second kappa shape index (κ2) is 8.64. The number of benzene rings is 1. The van der Waals surface area contributed by atoms with Gasteiger partial charge in [0.05, 0.1) is 12.2 Å². The van der Waals surface area contributed by atoms with Crippen molar-refractivity contribution in [3.63, 3.8) is 0 Å². The molecular weight excluding hydrogens is 382 g/mol. The second-order valence-corrected chi connectivity index (χ2v) is 7.82. The molecule has 1 fully saturated rings. The number of hydrogen-bond acceptors (Lipinski definition) is 7. The van der Waals surface area contributed by atoms with Crippen LogP contribution in [-0.2, 0) is 6.42 Å². The van der Waals surface area contributed by atoms with E-state index >= 15 is 0 Å². The third-order valence-electron chi connectivity index (χ3n) is 5.41. The Balaban J connectivity index is 1.38. The summed E-state index contributed by atoms with van der Waals surface area (Å²) >= 11 is 0. The Morgan fingerprint density at radius 1 is 1.27 bits per heavy atom. The third kappa shape index (κ3) is 4.19. The highest BCUT2D eigenvalue weighted by Gasteiger charge is 2.26. The highest BCUT2D eigenvalue weighted by molar-refractivity contribution is 5.95. The van der Waals surface area contributed by atoms with Crippen LogP contribution >= 0.6 is 0 Å². The molecule has 30 heavy (non-hydrogen) atoms. The second-order valence-electron chi connectivity index (χ2n) is 7.82. The normalized spacial score (nSPS) is 14.8. The van der Waals surface area contributed by atoms with Gasteiger partial charge in [0.2, 0.25) is 0 Å². The van der Waals surface area contributed by atoms with Crippen LogP contribution in [0.4, 0.5) is 5.69 Å². The van der Waals surface area contributed by atoms with Gasteiger partial charge in [0, 0.05) is 44.9 Å². The van der Waals surface area contributed by atoms with E-state index in [1.807, 2.05) is 59.0 Å².